The molecule has 0 radical (unpaired) electrons. The van der Waals surface area contributed by atoms with Gasteiger partial charge in [-0.05, 0) is 30.5 Å². The van der Waals surface area contributed by atoms with E-state index in [0.717, 1.165) is 25.7 Å². The Kier molecular flexibility index (Phi) is 6.13. The van der Waals surface area contributed by atoms with Gasteiger partial charge in [-0.15, -0.1) is 0 Å². The highest BCUT2D eigenvalue weighted by Gasteiger charge is 2.23. The largest absolute Gasteiger partial charge is 0.507 e. The van der Waals surface area contributed by atoms with E-state index in [1.807, 2.05) is 0 Å². The SMILES string of the molecule is CCCCCCc1c(C(=O)O)ccc(O)c1C(=O)c1ccccc1. The number of benzene rings is 2. The second kappa shape index (κ2) is 8.29. The number of carbonyl (C=O) groups excluding carboxylic acids is 1. The normalized spacial score (nSPS) is 10.5. The molecule has 0 aromatic heterocycles. The van der Waals surface area contributed by atoms with Crippen LogP contribution in [-0.4, -0.2) is 22.0 Å². The Balaban J connectivity index is 2.46. The summed E-state index contributed by atoms with van der Waals surface area (Å²) in [6, 6.07) is 11.3. The molecule has 0 aliphatic carbocycles. The zero-order valence-corrected chi connectivity index (χ0v) is 13.8. The molecule has 2 aromatic carbocycles. The molecule has 126 valence electrons. The molecule has 2 rings (SSSR count). The van der Waals surface area contributed by atoms with Crippen LogP contribution in [0.2, 0.25) is 0 Å². The van der Waals surface area contributed by atoms with Crippen molar-refractivity contribution in [1.82, 2.24) is 0 Å². The van der Waals surface area contributed by atoms with Crippen LogP contribution in [0.15, 0.2) is 42.5 Å². The summed E-state index contributed by atoms with van der Waals surface area (Å²) in [7, 11) is 0. The lowest BCUT2D eigenvalue weighted by Gasteiger charge is -2.14. The van der Waals surface area contributed by atoms with Gasteiger partial charge in [0.1, 0.15) is 5.75 Å². The fraction of sp³-hybridized carbons (Fsp3) is 0.300. The monoisotopic (exact) mass is 326 g/mol. The number of carbonyl (C=O) groups is 2. The van der Waals surface area contributed by atoms with Crippen molar-refractivity contribution in [3.8, 4) is 5.75 Å². The van der Waals surface area contributed by atoms with Crippen molar-refractivity contribution in [3.63, 3.8) is 0 Å². The number of carboxylic acid groups (broad SMARTS) is 1. The minimum absolute atomic E-state index is 0.0866. The van der Waals surface area contributed by atoms with Gasteiger partial charge in [0.25, 0.3) is 0 Å². The van der Waals surface area contributed by atoms with Crippen molar-refractivity contribution in [2.24, 2.45) is 0 Å². The Hall–Kier alpha value is -2.62. The molecule has 0 aliphatic rings. The number of ketones is 1. The Morgan fingerprint density at radius 1 is 0.958 bits per heavy atom. The molecule has 2 N–H and O–H groups in total. The average molecular weight is 326 g/mol. The number of rotatable bonds is 8. The van der Waals surface area contributed by atoms with E-state index in [2.05, 4.69) is 6.92 Å². The number of phenolic OH excluding ortho intramolecular Hbond substituents is 1. The molecule has 0 spiro atoms. The lowest BCUT2D eigenvalue weighted by atomic mass is 9.90. The van der Waals surface area contributed by atoms with Crippen molar-refractivity contribution in [2.45, 2.75) is 39.0 Å². The van der Waals surface area contributed by atoms with Gasteiger partial charge in [-0.1, -0.05) is 56.5 Å². The van der Waals surface area contributed by atoms with E-state index >= 15 is 0 Å². The third kappa shape index (κ3) is 4.02. The molecule has 0 atom stereocenters. The van der Waals surface area contributed by atoms with Gasteiger partial charge in [-0.2, -0.15) is 0 Å². The molecule has 0 amide bonds. The third-order valence-corrected chi connectivity index (χ3v) is 4.06. The van der Waals surface area contributed by atoms with E-state index in [-0.39, 0.29) is 22.7 Å². The lowest BCUT2D eigenvalue weighted by Crippen LogP contribution is -2.12. The van der Waals surface area contributed by atoms with Gasteiger partial charge in [0.05, 0.1) is 11.1 Å². The molecule has 4 heteroatoms. The van der Waals surface area contributed by atoms with Gasteiger partial charge in [0, 0.05) is 5.56 Å². The van der Waals surface area contributed by atoms with Crippen molar-refractivity contribution >= 4 is 11.8 Å². The molecular weight excluding hydrogens is 304 g/mol. The van der Waals surface area contributed by atoms with Gasteiger partial charge in [0.15, 0.2) is 5.78 Å². The Morgan fingerprint density at radius 3 is 2.29 bits per heavy atom. The van der Waals surface area contributed by atoms with Gasteiger partial charge in [-0.3, -0.25) is 4.79 Å². The molecular formula is C20H22O4. The molecule has 0 unspecified atom stereocenters. The summed E-state index contributed by atoms with van der Waals surface area (Å²) in [5.41, 5.74) is 1.05. The summed E-state index contributed by atoms with van der Waals surface area (Å²) >= 11 is 0. The van der Waals surface area contributed by atoms with Crippen LogP contribution in [0.1, 0.15) is 64.4 Å². The highest BCUT2D eigenvalue weighted by Crippen LogP contribution is 2.29. The van der Waals surface area contributed by atoms with Crippen molar-refractivity contribution in [3.05, 3.63) is 64.7 Å². The molecule has 24 heavy (non-hydrogen) atoms. The van der Waals surface area contributed by atoms with Gasteiger partial charge >= 0.3 is 5.97 Å². The third-order valence-electron chi connectivity index (χ3n) is 4.06. The maximum Gasteiger partial charge on any atom is 0.335 e. The first kappa shape index (κ1) is 17.7. The minimum atomic E-state index is -1.08. The quantitative estimate of drug-likeness (QED) is 0.555. The van der Waals surface area contributed by atoms with E-state index in [4.69, 9.17) is 0 Å². The van der Waals surface area contributed by atoms with E-state index in [0.29, 0.717) is 17.5 Å². The molecule has 2 aromatic rings. The van der Waals surface area contributed by atoms with Crippen molar-refractivity contribution in [2.75, 3.05) is 0 Å². The van der Waals surface area contributed by atoms with Crippen LogP contribution < -0.4 is 0 Å². The molecule has 0 aliphatic heterocycles. The van der Waals surface area contributed by atoms with Crippen LogP contribution in [0.5, 0.6) is 5.75 Å². The van der Waals surface area contributed by atoms with E-state index in [9.17, 15) is 19.8 Å². The van der Waals surface area contributed by atoms with Crippen LogP contribution in [0, 0.1) is 0 Å². The fourth-order valence-electron chi connectivity index (χ4n) is 2.81. The second-order valence-corrected chi connectivity index (χ2v) is 5.80. The number of hydrogen-bond donors (Lipinski definition) is 2. The van der Waals surface area contributed by atoms with Gasteiger partial charge in [-0.25, -0.2) is 4.79 Å². The van der Waals surface area contributed by atoms with E-state index in [1.54, 1.807) is 30.3 Å². The molecule has 0 fully saturated rings. The maximum atomic E-state index is 12.8. The Labute approximate surface area is 141 Å². The number of phenols is 1. The first-order valence-electron chi connectivity index (χ1n) is 8.24. The van der Waals surface area contributed by atoms with Crippen molar-refractivity contribution < 1.29 is 19.8 Å². The summed E-state index contributed by atoms with van der Waals surface area (Å²) in [6.45, 7) is 2.10. The lowest BCUT2D eigenvalue weighted by molar-refractivity contribution is 0.0695. The van der Waals surface area contributed by atoms with E-state index < -0.39 is 5.97 Å². The number of hydrogen-bond acceptors (Lipinski definition) is 3. The zero-order valence-electron chi connectivity index (χ0n) is 13.8. The zero-order chi connectivity index (χ0) is 17.5. The van der Waals surface area contributed by atoms with E-state index in [1.165, 1.54) is 12.1 Å². The maximum absolute atomic E-state index is 12.8. The molecule has 0 saturated heterocycles. The summed E-state index contributed by atoms with van der Waals surface area (Å²) in [5, 5.41) is 19.7. The number of aromatic hydroxyl groups is 1. The smallest absolute Gasteiger partial charge is 0.335 e. The number of unbranched alkanes of at least 4 members (excludes halogenated alkanes) is 3. The predicted molar refractivity (Wildman–Crippen MR) is 92.8 cm³/mol. The first-order chi connectivity index (χ1) is 11.6. The van der Waals surface area contributed by atoms with Crippen LogP contribution in [0.4, 0.5) is 0 Å². The minimum Gasteiger partial charge on any atom is -0.507 e. The number of aromatic carboxylic acids is 1. The molecule has 0 saturated carbocycles. The molecule has 4 nitrogen and oxygen atoms in total. The summed E-state index contributed by atoms with van der Waals surface area (Å²) < 4.78 is 0. The Bertz CT molecular complexity index is 720. The van der Waals surface area contributed by atoms with Crippen LogP contribution in [-0.2, 0) is 6.42 Å². The van der Waals surface area contributed by atoms with Gasteiger partial charge in [0.2, 0.25) is 0 Å². The average Bonchev–Trinajstić information content (AvgIpc) is 2.59. The van der Waals surface area contributed by atoms with Crippen LogP contribution in [0.25, 0.3) is 0 Å². The summed E-state index contributed by atoms with van der Waals surface area (Å²) in [6.07, 6.45) is 4.34. The highest BCUT2D eigenvalue weighted by atomic mass is 16.4. The Morgan fingerprint density at radius 2 is 1.67 bits per heavy atom. The van der Waals surface area contributed by atoms with Crippen LogP contribution in [0.3, 0.4) is 0 Å². The molecule has 0 heterocycles. The van der Waals surface area contributed by atoms with Gasteiger partial charge < -0.3 is 10.2 Å². The summed E-state index contributed by atoms with van der Waals surface area (Å²) in [5.74, 6) is -1.59. The predicted octanol–water partition coefficient (Wildman–Crippen LogP) is 4.44. The molecule has 0 bridgehead atoms. The van der Waals surface area contributed by atoms with Crippen LogP contribution >= 0.6 is 0 Å². The number of carboxylic acids is 1. The standard InChI is InChI=1S/C20H22O4/c1-2-3-4-8-11-15-16(20(23)24)12-13-17(21)18(15)19(22)14-9-6-5-7-10-14/h5-7,9-10,12-13,21H,2-4,8,11H2,1H3,(H,23,24). The topological polar surface area (TPSA) is 74.6 Å². The summed E-state index contributed by atoms with van der Waals surface area (Å²) in [4.78, 5) is 24.3. The second-order valence-electron chi connectivity index (χ2n) is 5.80. The highest BCUT2D eigenvalue weighted by molar-refractivity contribution is 6.13. The first-order valence-corrected chi connectivity index (χ1v) is 8.24. The van der Waals surface area contributed by atoms with Crippen molar-refractivity contribution in [1.29, 1.82) is 0 Å². The fourth-order valence-corrected chi connectivity index (χ4v) is 2.81.